The molecule has 0 aliphatic carbocycles. The molecule has 0 heterocycles. The highest BCUT2D eigenvalue weighted by atomic mass is 32.1. The molecule has 0 spiro atoms. The first-order valence-corrected chi connectivity index (χ1v) is 6.69. The largest absolute Gasteiger partial charge is 0.490 e. The van der Waals surface area contributed by atoms with E-state index in [1.165, 1.54) is 6.07 Å². The smallest absolute Gasteiger partial charge is 0.416 e. The van der Waals surface area contributed by atoms with Crippen molar-refractivity contribution in [2.75, 3.05) is 0 Å². The average molecular weight is 305 g/mol. The molecule has 0 amide bonds. The summed E-state index contributed by atoms with van der Waals surface area (Å²) in [5.74, 6) is 0.714. The lowest BCUT2D eigenvalue weighted by atomic mass is 10.1. The summed E-state index contributed by atoms with van der Waals surface area (Å²) in [4.78, 5) is -0.108. The summed E-state index contributed by atoms with van der Waals surface area (Å²) in [5, 5.41) is 0. The van der Waals surface area contributed by atoms with Crippen molar-refractivity contribution in [3.63, 3.8) is 0 Å². The number of thiocarbonyl (C=S) groups is 1. The highest BCUT2D eigenvalue weighted by Crippen LogP contribution is 2.33. The van der Waals surface area contributed by atoms with Crippen molar-refractivity contribution in [1.82, 2.24) is 0 Å². The van der Waals surface area contributed by atoms with Gasteiger partial charge < -0.3 is 10.5 Å². The number of ether oxygens (including phenoxy) is 1. The van der Waals surface area contributed by atoms with Gasteiger partial charge in [0, 0.05) is 0 Å². The second-order valence-electron chi connectivity index (χ2n) is 5.13. The van der Waals surface area contributed by atoms with Gasteiger partial charge in [-0.25, -0.2) is 0 Å². The summed E-state index contributed by atoms with van der Waals surface area (Å²) in [7, 11) is 0. The molecule has 2 nitrogen and oxygen atoms in total. The van der Waals surface area contributed by atoms with Gasteiger partial charge in [0.05, 0.1) is 17.2 Å². The van der Waals surface area contributed by atoms with E-state index in [1.54, 1.807) is 0 Å². The predicted molar refractivity (Wildman–Crippen MR) is 76.9 cm³/mol. The molecule has 0 radical (unpaired) electrons. The number of hydrogen-bond acceptors (Lipinski definition) is 2. The third-order valence-electron chi connectivity index (χ3n) is 2.70. The molecule has 1 aromatic carbocycles. The quantitative estimate of drug-likeness (QED) is 0.830. The molecule has 6 heteroatoms. The standard InChI is InChI=1S/C14H18F3NOS/c1-8(2)6-9(3)19-12-5-4-10(14(15,16)17)7-11(12)13(18)20/h4-5,7-9H,6H2,1-3H3,(H2,18,20). The minimum absolute atomic E-state index is 0.108. The maximum atomic E-state index is 12.7. The van der Waals surface area contributed by atoms with Crippen LogP contribution in [0.2, 0.25) is 0 Å². The molecule has 1 atom stereocenters. The van der Waals surface area contributed by atoms with E-state index in [0.717, 1.165) is 18.6 Å². The second kappa shape index (κ2) is 6.43. The number of rotatable bonds is 5. The molecule has 0 aliphatic heterocycles. The zero-order valence-electron chi connectivity index (χ0n) is 11.6. The first-order chi connectivity index (χ1) is 9.11. The number of alkyl halides is 3. The van der Waals surface area contributed by atoms with Crippen LogP contribution in [0.3, 0.4) is 0 Å². The maximum Gasteiger partial charge on any atom is 0.416 e. The fourth-order valence-corrected chi connectivity index (χ4v) is 2.09. The van der Waals surface area contributed by atoms with E-state index in [-0.39, 0.29) is 16.7 Å². The van der Waals surface area contributed by atoms with Crippen molar-refractivity contribution in [2.45, 2.75) is 39.5 Å². The summed E-state index contributed by atoms with van der Waals surface area (Å²) in [6, 6.07) is 3.17. The molecule has 0 bridgehead atoms. The van der Waals surface area contributed by atoms with Gasteiger partial charge in [0.25, 0.3) is 0 Å². The Morgan fingerprint density at radius 3 is 2.35 bits per heavy atom. The van der Waals surface area contributed by atoms with E-state index >= 15 is 0 Å². The maximum absolute atomic E-state index is 12.7. The number of benzene rings is 1. The minimum Gasteiger partial charge on any atom is -0.490 e. The summed E-state index contributed by atoms with van der Waals surface area (Å²) < 4.78 is 43.7. The van der Waals surface area contributed by atoms with Crippen molar-refractivity contribution < 1.29 is 17.9 Å². The lowest BCUT2D eigenvalue weighted by Crippen LogP contribution is -2.19. The second-order valence-corrected chi connectivity index (χ2v) is 5.57. The van der Waals surface area contributed by atoms with Crippen LogP contribution in [0.4, 0.5) is 13.2 Å². The van der Waals surface area contributed by atoms with Crippen LogP contribution in [-0.2, 0) is 6.18 Å². The lowest BCUT2D eigenvalue weighted by molar-refractivity contribution is -0.137. The Morgan fingerprint density at radius 1 is 1.30 bits per heavy atom. The van der Waals surface area contributed by atoms with Gasteiger partial charge in [0.15, 0.2) is 0 Å². The van der Waals surface area contributed by atoms with E-state index in [0.29, 0.717) is 11.7 Å². The van der Waals surface area contributed by atoms with E-state index in [2.05, 4.69) is 0 Å². The van der Waals surface area contributed by atoms with Gasteiger partial charge in [0.2, 0.25) is 0 Å². The van der Waals surface area contributed by atoms with E-state index < -0.39 is 11.7 Å². The van der Waals surface area contributed by atoms with Gasteiger partial charge >= 0.3 is 6.18 Å². The summed E-state index contributed by atoms with van der Waals surface area (Å²) in [5.41, 5.74) is 4.82. The van der Waals surface area contributed by atoms with Crippen LogP contribution in [-0.4, -0.2) is 11.1 Å². The Balaban J connectivity index is 3.05. The first-order valence-electron chi connectivity index (χ1n) is 6.29. The highest BCUT2D eigenvalue weighted by Gasteiger charge is 2.31. The summed E-state index contributed by atoms with van der Waals surface area (Å²) >= 11 is 4.80. The van der Waals surface area contributed by atoms with Gasteiger partial charge in [-0.2, -0.15) is 13.2 Å². The molecule has 0 aliphatic rings. The van der Waals surface area contributed by atoms with Crippen molar-refractivity contribution in [3.05, 3.63) is 29.3 Å². The van der Waals surface area contributed by atoms with Gasteiger partial charge in [-0.05, 0) is 37.5 Å². The Kier molecular flexibility index (Phi) is 5.39. The van der Waals surface area contributed by atoms with Crippen LogP contribution >= 0.6 is 12.2 Å². The number of nitrogens with two attached hydrogens (primary N) is 1. The topological polar surface area (TPSA) is 35.2 Å². The SMILES string of the molecule is CC(C)CC(C)Oc1ccc(C(F)(F)F)cc1C(N)=S. The van der Waals surface area contributed by atoms with Gasteiger partial charge in [-0.3, -0.25) is 0 Å². The van der Waals surface area contributed by atoms with Crippen LogP contribution in [0.25, 0.3) is 0 Å². The van der Waals surface area contributed by atoms with Crippen molar-refractivity contribution in [2.24, 2.45) is 11.7 Å². The monoisotopic (exact) mass is 305 g/mol. The van der Waals surface area contributed by atoms with Gasteiger partial charge in [0.1, 0.15) is 10.7 Å². The fraction of sp³-hybridized carbons (Fsp3) is 0.500. The third kappa shape index (κ3) is 4.67. The van der Waals surface area contributed by atoms with Crippen molar-refractivity contribution >= 4 is 17.2 Å². The molecule has 0 saturated heterocycles. The van der Waals surface area contributed by atoms with E-state index in [1.807, 2.05) is 20.8 Å². The Bertz CT molecular complexity index is 486. The van der Waals surface area contributed by atoms with Crippen molar-refractivity contribution in [1.29, 1.82) is 0 Å². The van der Waals surface area contributed by atoms with Gasteiger partial charge in [-0.1, -0.05) is 26.1 Å². The molecule has 1 aromatic rings. The molecule has 112 valence electrons. The number of hydrogen-bond donors (Lipinski definition) is 1. The molecule has 1 rings (SSSR count). The molecule has 2 N–H and O–H groups in total. The highest BCUT2D eigenvalue weighted by molar-refractivity contribution is 7.80. The van der Waals surface area contributed by atoms with E-state index in [4.69, 9.17) is 22.7 Å². The van der Waals surface area contributed by atoms with Crippen LogP contribution in [0, 0.1) is 5.92 Å². The third-order valence-corrected chi connectivity index (χ3v) is 2.92. The molecule has 20 heavy (non-hydrogen) atoms. The van der Waals surface area contributed by atoms with E-state index in [9.17, 15) is 13.2 Å². The van der Waals surface area contributed by atoms with Crippen LogP contribution in [0.5, 0.6) is 5.75 Å². The van der Waals surface area contributed by atoms with Crippen molar-refractivity contribution in [3.8, 4) is 5.75 Å². The average Bonchev–Trinajstić information content (AvgIpc) is 2.26. The van der Waals surface area contributed by atoms with Crippen LogP contribution in [0.1, 0.15) is 38.3 Å². The molecular formula is C14H18F3NOS. The first kappa shape index (κ1) is 16.8. The Hall–Kier alpha value is -1.30. The summed E-state index contributed by atoms with van der Waals surface area (Å²) in [6.07, 6.45) is -3.76. The Labute approximate surface area is 122 Å². The molecule has 0 fully saturated rings. The summed E-state index contributed by atoms with van der Waals surface area (Å²) in [6.45, 7) is 5.95. The molecule has 1 unspecified atom stereocenters. The minimum atomic E-state index is -4.43. The fourth-order valence-electron chi connectivity index (χ4n) is 1.93. The van der Waals surface area contributed by atoms with Crippen LogP contribution in [0.15, 0.2) is 18.2 Å². The zero-order chi connectivity index (χ0) is 15.5. The number of halogens is 3. The van der Waals surface area contributed by atoms with Gasteiger partial charge in [-0.15, -0.1) is 0 Å². The predicted octanol–water partition coefficient (Wildman–Crippen LogP) is 4.15. The molecule has 0 aromatic heterocycles. The zero-order valence-corrected chi connectivity index (χ0v) is 12.4. The molecular weight excluding hydrogens is 287 g/mol. The normalized spacial score (nSPS) is 13.3. The van der Waals surface area contributed by atoms with Crippen LogP contribution < -0.4 is 10.5 Å². The Morgan fingerprint density at radius 2 is 1.90 bits per heavy atom. The molecule has 0 saturated carbocycles. The lowest BCUT2D eigenvalue weighted by Gasteiger charge is -2.19.